The molecule has 0 N–H and O–H groups in total. The van der Waals surface area contributed by atoms with Crippen LogP contribution in [0.2, 0.25) is 0 Å². The lowest BCUT2D eigenvalue weighted by molar-refractivity contribution is 0.425. The number of rotatable bonds is 1. The van der Waals surface area contributed by atoms with Gasteiger partial charge in [-0.1, -0.05) is 0 Å². The molecule has 0 bridgehead atoms. The van der Waals surface area contributed by atoms with Gasteiger partial charge >= 0.3 is 0 Å². The van der Waals surface area contributed by atoms with E-state index in [1.165, 1.54) is 0 Å². The Morgan fingerprint density at radius 1 is 2.40 bits per heavy atom. The summed E-state index contributed by atoms with van der Waals surface area (Å²) in [5.74, 6) is 0.299. The highest BCUT2D eigenvalue weighted by atomic mass is 35.5. The van der Waals surface area contributed by atoms with Crippen molar-refractivity contribution in [3.63, 3.8) is 0 Å². The summed E-state index contributed by atoms with van der Waals surface area (Å²) in [6, 6.07) is 0. The Bertz CT molecular complexity index is 61.8. The third-order valence-electron chi connectivity index (χ3n) is 0.498. The van der Waals surface area contributed by atoms with E-state index in [-0.39, 0.29) is 0 Å². The topological polar surface area (TPSA) is 12.5 Å². The van der Waals surface area contributed by atoms with E-state index in [0.29, 0.717) is 12.5 Å². The molecule has 30 valence electrons. The van der Waals surface area contributed by atoms with Gasteiger partial charge in [-0.25, -0.2) is 0 Å². The number of hydrogen-bond acceptors (Lipinski definition) is 1. The van der Waals surface area contributed by atoms with E-state index in [1.54, 1.807) is 0 Å². The summed E-state index contributed by atoms with van der Waals surface area (Å²) in [6.07, 6.45) is -0.693. The number of alkyl halides is 1. The molecule has 5 heavy (non-hydrogen) atoms. The number of ether oxygens (including phenoxy) is 1. The fraction of sp³-hybridized carbons (Fsp3) is 1.00. The Hall–Kier alpha value is 0.250. The van der Waals surface area contributed by atoms with Gasteiger partial charge in [-0.2, -0.15) is 0 Å². The van der Waals surface area contributed by atoms with E-state index in [1.807, 2.05) is 0 Å². The standard InChI is InChI=1S/C3H5ClO/c4-1-3-2-5-3/h3H,1-2H2/t3-/m1/s1/i3D. The minimum absolute atomic E-state index is 0.299. The second kappa shape index (κ2) is 1.15. The van der Waals surface area contributed by atoms with Crippen LogP contribution >= 0.6 is 11.6 Å². The molecular weight excluding hydrogens is 87.5 g/mol. The van der Waals surface area contributed by atoms with Crippen molar-refractivity contribution < 1.29 is 6.11 Å². The molecule has 0 aromatic rings. The summed E-state index contributed by atoms with van der Waals surface area (Å²) >= 11 is 5.23. The van der Waals surface area contributed by atoms with Gasteiger partial charge in [-0.3, -0.25) is 0 Å². The molecule has 0 amide bonds. The number of hydrogen-bond donors (Lipinski definition) is 0. The molecule has 1 atom stereocenters. The van der Waals surface area contributed by atoms with Crippen LogP contribution in [0.5, 0.6) is 0 Å². The molecule has 1 rings (SSSR count). The van der Waals surface area contributed by atoms with Crippen LogP contribution in [0.15, 0.2) is 0 Å². The van der Waals surface area contributed by atoms with E-state index in [0.717, 1.165) is 0 Å². The SMILES string of the molecule is [2H][C@@]1(CCl)CO1. The van der Waals surface area contributed by atoms with Gasteiger partial charge in [0, 0.05) is 0 Å². The molecule has 1 nitrogen and oxygen atoms in total. The van der Waals surface area contributed by atoms with Gasteiger partial charge in [-0.05, 0) is 0 Å². The Morgan fingerprint density at radius 3 is 3.00 bits per heavy atom. The molecule has 0 unspecified atom stereocenters. The van der Waals surface area contributed by atoms with Crippen LogP contribution in [0.1, 0.15) is 1.37 Å². The molecule has 1 saturated heterocycles. The Balaban J connectivity index is 2.28. The van der Waals surface area contributed by atoms with E-state index in [9.17, 15) is 0 Å². The molecule has 1 aliphatic rings. The highest BCUT2D eigenvalue weighted by Gasteiger charge is 2.19. The zero-order valence-electron chi connectivity index (χ0n) is 3.70. The Labute approximate surface area is 37.3 Å². The Kier molecular flexibility index (Phi) is 0.558. The number of halogens is 1. The molecule has 1 heterocycles. The van der Waals surface area contributed by atoms with Gasteiger partial charge < -0.3 is 4.74 Å². The average Bonchev–Trinajstić information content (AvgIpc) is 2.22. The van der Waals surface area contributed by atoms with Gasteiger partial charge in [-0.15, -0.1) is 11.6 Å². The second-order valence-electron chi connectivity index (χ2n) is 0.961. The van der Waals surface area contributed by atoms with Gasteiger partial charge in [0.2, 0.25) is 0 Å². The van der Waals surface area contributed by atoms with Gasteiger partial charge in [0.25, 0.3) is 0 Å². The van der Waals surface area contributed by atoms with Crippen LogP contribution in [0, 0.1) is 0 Å². The van der Waals surface area contributed by atoms with E-state index in [4.69, 9.17) is 13.0 Å². The lowest BCUT2D eigenvalue weighted by Crippen LogP contribution is -1.80. The molecule has 0 aromatic heterocycles. The summed E-state index contributed by atoms with van der Waals surface area (Å²) in [5, 5.41) is 0. The maximum absolute atomic E-state index is 6.94. The van der Waals surface area contributed by atoms with Gasteiger partial charge in [0.1, 0.15) is 0 Å². The maximum atomic E-state index is 6.94. The first-order valence-corrected chi connectivity index (χ1v) is 2.00. The molecule has 1 fully saturated rings. The molecule has 0 radical (unpaired) electrons. The minimum atomic E-state index is -0.693. The zero-order chi connectivity index (χ0) is 4.62. The van der Waals surface area contributed by atoms with Crippen molar-refractivity contribution in [3.05, 3.63) is 0 Å². The van der Waals surface area contributed by atoms with E-state index >= 15 is 0 Å². The van der Waals surface area contributed by atoms with Crippen molar-refractivity contribution >= 4 is 11.6 Å². The minimum Gasteiger partial charge on any atom is -0.372 e. The predicted molar refractivity (Wildman–Crippen MR) is 20.5 cm³/mol. The second-order valence-corrected chi connectivity index (χ2v) is 1.23. The van der Waals surface area contributed by atoms with Crippen molar-refractivity contribution in [3.8, 4) is 0 Å². The van der Waals surface area contributed by atoms with Crippen molar-refractivity contribution in [2.75, 3.05) is 12.5 Å². The Morgan fingerprint density at radius 2 is 3.00 bits per heavy atom. The molecular formula is C3H5ClO. The third kappa shape index (κ3) is 0.781. The highest BCUT2D eigenvalue weighted by Crippen LogP contribution is 2.08. The van der Waals surface area contributed by atoms with Crippen molar-refractivity contribution in [2.24, 2.45) is 0 Å². The van der Waals surface area contributed by atoms with Crippen LogP contribution in [0.4, 0.5) is 0 Å². The van der Waals surface area contributed by atoms with Crippen LogP contribution in [0.25, 0.3) is 0 Å². The fourth-order valence-corrected chi connectivity index (χ4v) is 0.282. The van der Waals surface area contributed by atoms with Crippen molar-refractivity contribution in [1.29, 1.82) is 0 Å². The van der Waals surface area contributed by atoms with E-state index < -0.39 is 6.08 Å². The van der Waals surface area contributed by atoms with Crippen LogP contribution < -0.4 is 0 Å². The number of epoxide rings is 1. The fourth-order valence-electron chi connectivity index (χ4n) is 0.128. The lowest BCUT2D eigenvalue weighted by atomic mass is 10.6. The molecule has 2 heteroatoms. The monoisotopic (exact) mass is 93.0 g/mol. The summed E-state index contributed by atoms with van der Waals surface area (Å²) in [4.78, 5) is 0. The average molecular weight is 93.5 g/mol. The van der Waals surface area contributed by atoms with Crippen molar-refractivity contribution in [1.82, 2.24) is 0 Å². The van der Waals surface area contributed by atoms with Crippen LogP contribution in [-0.2, 0) is 4.74 Å². The normalized spacial score (nSPS) is 51.8. The summed E-state index contributed by atoms with van der Waals surface area (Å²) in [5.41, 5.74) is 0. The maximum Gasteiger partial charge on any atom is 0.0944 e. The van der Waals surface area contributed by atoms with Crippen LogP contribution in [0.3, 0.4) is 0 Å². The smallest absolute Gasteiger partial charge is 0.0944 e. The largest absolute Gasteiger partial charge is 0.372 e. The predicted octanol–water partition coefficient (Wildman–Crippen LogP) is 0.624. The molecule has 0 aliphatic carbocycles. The summed E-state index contributed by atoms with van der Waals surface area (Å²) < 4.78 is 11.5. The zero-order valence-corrected chi connectivity index (χ0v) is 3.46. The first-order valence-electron chi connectivity index (χ1n) is 1.97. The molecule has 0 aromatic carbocycles. The molecule has 0 spiro atoms. The van der Waals surface area contributed by atoms with Gasteiger partial charge in [0.05, 0.1) is 19.9 Å². The summed E-state index contributed by atoms with van der Waals surface area (Å²) in [6.45, 7) is 0.510. The quantitative estimate of drug-likeness (QED) is 0.342. The summed E-state index contributed by atoms with van der Waals surface area (Å²) in [7, 11) is 0. The van der Waals surface area contributed by atoms with Crippen molar-refractivity contribution in [2.45, 2.75) is 6.08 Å². The van der Waals surface area contributed by atoms with Crippen LogP contribution in [-0.4, -0.2) is 18.6 Å². The highest BCUT2D eigenvalue weighted by molar-refractivity contribution is 6.18. The lowest BCUT2D eigenvalue weighted by Gasteiger charge is -1.67. The molecule has 0 saturated carbocycles. The first-order chi connectivity index (χ1) is 2.77. The van der Waals surface area contributed by atoms with E-state index in [2.05, 4.69) is 4.74 Å². The molecule has 1 aliphatic heterocycles. The first kappa shape index (κ1) is 2.43. The van der Waals surface area contributed by atoms with Gasteiger partial charge in [0.15, 0.2) is 0 Å². The third-order valence-corrected chi connectivity index (χ3v) is 0.796.